The fourth-order valence-electron chi connectivity index (χ4n) is 2.12. The van der Waals surface area contributed by atoms with Gasteiger partial charge in [0.25, 0.3) is 0 Å². The highest BCUT2D eigenvalue weighted by atomic mass is 16.5. The van der Waals surface area contributed by atoms with Crippen molar-refractivity contribution in [1.82, 2.24) is 14.8 Å². The van der Waals surface area contributed by atoms with E-state index in [-0.39, 0.29) is 6.10 Å². The summed E-state index contributed by atoms with van der Waals surface area (Å²) in [5.41, 5.74) is 0. The Labute approximate surface area is 92.2 Å². The molecule has 2 unspecified atom stereocenters. The van der Waals surface area contributed by atoms with Crippen LogP contribution in [0.25, 0.3) is 0 Å². The predicted octanol–water partition coefficient (Wildman–Crippen LogP) is 0.918. The van der Waals surface area contributed by atoms with Gasteiger partial charge in [0, 0.05) is 6.04 Å². The Hall–Kier alpha value is -1.43. The van der Waals surface area contributed by atoms with E-state index < -0.39 is 12.1 Å². The molecular weight excluding hydrogens is 210 g/mol. The second kappa shape index (κ2) is 3.55. The number of carboxylic acids is 1. The molecule has 1 aromatic rings. The molecule has 86 valence electrons. The van der Waals surface area contributed by atoms with Gasteiger partial charge < -0.3 is 14.4 Å². The second-order valence-corrected chi connectivity index (χ2v) is 4.36. The quantitative estimate of drug-likeness (QED) is 0.824. The minimum Gasteiger partial charge on any atom is -0.479 e. The fourth-order valence-corrected chi connectivity index (χ4v) is 2.12. The van der Waals surface area contributed by atoms with Crippen LogP contribution in [0.2, 0.25) is 0 Å². The number of nitrogens with zero attached hydrogens (tertiary/aromatic N) is 3. The van der Waals surface area contributed by atoms with E-state index in [0.717, 1.165) is 18.7 Å². The molecule has 1 aromatic heterocycles. The number of hydrogen-bond donors (Lipinski definition) is 1. The summed E-state index contributed by atoms with van der Waals surface area (Å²) in [6.45, 7) is 0. The molecule has 6 heteroatoms. The molecule has 0 spiro atoms. The minimum absolute atomic E-state index is 0.204. The third kappa shape index (κ3) is 1.59. The zero-order chi connectivity index (χ0) is 11.1. The number of ether oxygens (including phenoxy) is 1. The Morgan fingerprint density at radius 1 is 1.44 bits per heavy atom. The maximum Gasteiger partial charge on any atom is 0.332 e. The van der Waals surface area contributed by atoms with Crippen LogP contribution < -0.4 is 0 Å². The molecule has 2 aliphatic rings. The maximum atomic E-state index is 10.8. The molecule has 0 amide bonds. The van der Waals surface area contributed by atoms with Gasteiger partial charge in [-0.2, -0.15) is 0 Å². The van der Waals surface area contributed by atoms with Gasteiger partial charge >= 0.3 is 5.97 Å². The highest BCUT2D eigenvalue weighted by Crippen LogP contribution is 2.39. The summed E-state index contributed by atoms with van der Waals surface area (Å²) >= 11 is 0. The molecule has 16 heavy (non-hydrogen) atoms. The van der Waals surface area contributed by atoms with E-state index in [0.29, 0.717) is 18.9 Å². The van der Waals surface area contributed by atoms with E-state index in [1.807, 2.05) is 4.57 Å². The molecule has 2 fully saturated rings. The Bertz CT molecular complexity index is 413. The third-order valence-electron chi connectivity index (χ3n) is 3.12. The van der Waals surface area contributed by atoms with Gasteiger partial charge in [0.2, 0.25) is 0 Å². The second-order valence-electron chi connectivity index (χ2n) is 4.36. The largest absolute Gasteiger partial charge is 0.479 e. The molecule has 0 radical (unpaired) electrons. The number of carboxylic acid groups (broad SMARTS) is 1. The lowest BCUT2D eigenvalue weighted by Gasteiger charge is -2.11. The van der Waals surface area contributed by atoms with Crippen molar-refractivity contribution in [3.8, 4) is 0 Å². The summed E-state index contributed by atoms with van der Waals surface area (Å²) in [6.07, 6.45) is 4.39. The van der Waals surface area contributed by atoms with E-state index in [9.17, 15) is 4.79 Å². The molecule has 0 aromatic carbocycles. The summed E-state index contributed by atoms with van der Waals surface area (Å²) in [7, 11) is 0. The summed E-state index contributed by atoms with van der Waals surface area (Å²) in [4.78, 5) is 10.8. The van der Waals surface area contributed by atoms with E-state index in [4.69, 9.17) is 9.84 Å². The first-order valence-electron chi connectivity index (χ1n) is 5.53. The summed E-state index contributed by atoms with van der Waals surface area (Å²) in [5, 5.41) is 16.8. The highest BCUT2D eigenvalue weighted by Gasteiger charge is 2.36. The van der Waals surface area contributed by atoms with E-state index in [2.05, 4.69) is 10.2 Å². The van der Waals surface area contributed by atoms with Crippen molar-refractivity contribution >= 4 is 5.97 Å². The van der Waals surface area contributed by atoms with Crippen LogP contribution in [0, 0.1) is 0 Å². The van der Waals surface area contributed by atoms with Gasteiger partial charge in [0.15, 0.2) is 11.9 Å². The molecule has 2 atom stereocenters. The molecular formula is C10H13N3O3. The van der Waals surface area contributed by atoms with Crippen molar-refractivity contribution in [1.29, 1.82) is 0 Å². The Morgan fingerprint density at radius 3 is 2.88 bits per heavy atom. The van der Waals surface area contributed by atoms with Crippen LogP contribution in [0.15, 0.2) is 6.33 Å². The first-order chi connectivity index (χ1) is 7.75. The zero-order valence-electron chi connectivity index (χ0n) is 8.74. The molecule has 0 bridgehead atoms. The third-order valence-corrected chi connectivity index (χ3v) is 3.12. The average Bonchev–Trinajstić information content (AvgIpc) is 2.83. The Balaban J connectivity index is 1.77. The number of hydrogen-bond acceptors (Lipinski definition) is 4. The topological polar surface area (TPSA) is 77.2 Å². The van der Waals surface area contributed by atoms with Gasteiger partial charge in [-0.25, -0.2) is 4.79 Å². The number of carbonyl (C=O) groups is 1. The lowest BCUT2D eigenvalue weighted by Crippen LogP contribution is -2.19. The van der Waals surface area contributed by atoms with Crippen molar-refractivity contribution in [3.63, 3.8) is 0 Å². The van der Waals surface area contributed by atoms with Gasteiger partial charge in [-0.3, -0.25) is 0 Å². The van der Waals surface area contributed by atoms with E-state index in [1.54, 1.807) is 6.33 Å². The van der Waals surface area contributed by atoms with Crippen molar-refractivity contribution in [2.75, 3.05) is 0 Å². The lowest BCUT2D eigenvalue weighted by atomic mass is 10.2. The van der Waals surface area contributed by atoms with Gasteiger partial charge in [0.1, 0.15) is 12.4 Å². The molecule has 1 aliphatic carbocycles. The highest BCUT2D eigenvalue weighted by molar-refractivity contribution is 5.72. The van der Waals surface area contributed by atoms with Crippen LogP contribution in [-0.4, -0.2) is 31.9 Å². The van der Waals surface area contributed by atoms with E-state index in [1.165, 1.54) is 0 Å². The molecule has 3 rings (SSSR count). The number of aromatic nitrogens is 3. The lowest BCUT2D eigenvalue weighted by molar-refractivity contribution is -0.149. The fraction of sp³-hybridized carbons (Fsp3) is 0.700. The summed E-state index contributed by atoms with van der Waals surface area (Å²) in [5.74, 6) is -0.105. The SMILES string of the molecule is O=C(O)C1CCC(c2nncn2C2CC2)O1. The van der Waals surface area contributed by atoms with Crippen molar-refractivity contribution in [2.45, 2.75) is 43.9 Å². The minimum atomic E-state index is -0.889. The van der Waals surface area contributed by atoms with Gasteiger partial charge in [-0.1, -0.05) is 0 Å². The molecule has 1 saturated carbocycles. The zero-order valence-corrected chi connectivity index (χ0v) is 8.74. The maximum absolute atomic E-state index is 10.8. The van der Waals surface area contributed by atoms with Crippen LogP contribution in [0.1, 0.15) is 43.7 Å². The van der Waals surface area contributed by atoms with Crippen LogP contribution in [-0.2, 0) is 9.53 Å². The Morgan fingerprint density at radius 2 is 2.25 bits per heavy atom. The molecule has 2 heterocycles. The van der Waals surface area contributed by atoms with Gasteiger partial charge in [0.05, 0.1) is 0 Å². The molecule has 1 aliphatic heterocycles. The van der Waals surface area contributed by atoms with Crippen molar-refractivity contribution in [2.24, 2.45) is 0 Å². The number of aliphatic carboxylic acids is 1. The van der Waals surface area contributed by atoms with Crippen LogP contribution in [0.3, 0.4) is 0 Å². The van der Waals surface area contributed by atoms with Crippen molar-refractivity contribution in [3.05, 3.63) is 12.2 Å². The first-order valence-corrected chi connectivity index (χ1v) is 5.53. The van der Waals surface area contributed by atoms with Crippen LogP contribution in [0.4, 0.5) is 0 Å². The smallest absolute Gasteiger partial charge is 0.332 e. The summed E-state index contributed by atoms with van der Waals surface area (Å²) < 4.78 is 7.49. The molecule has 1 N–H and O–H groups in total. The van der Waals surface area contributed by atoms with Crippen LogP contribution >= 0.6 is 0 Å². The van der Waals surface area contributed by atoms with Gasteiger partial charge in [-0.05, 0) is 25.7 Å². The average molecular weight is 223 g/mol. The molecule has 6 nitrogen and oxygen atoms in total. The standard InChI is InChI=1S/C10H13N3O3/c14-10(15)8-4-3-7(16-8)9-12-11-5-13(9)6-1-2-6/h5-8H,1-4H2,(H,14,15). The van der Waals surface area contributed by atoms with Crippen molar-refractivity contribution < 1.29 is 14.6 Å². The van der Waals surface area contributed by atoms with Crippen LogP contribution in [0.5, 0.6) is 0 Å². The number of rotatable bonds is 3. The van der Waals surface area contributed by atoms with E-state index >= 15 is 0 Å². The Kier molecular flexibility index (Phi) is 2.17. The first kappa shape index (κ1) is 9.77. The monoisotopic (exact) mass is 223 g/mol. The summed E-state index contributed by atoms with van der Waals surface area (Å²) in [6, 6.07) is 0.498. The predicted molar refractivity (Wildman–Crippen MR) is 52.8 cm³/mol. The van der Waals surface area contributed by atoms with Gasteiger partial charge in [-0.15, -0.1) is 10.2 Å². The normalized spacial score (nSPS) is 29.5. The molecule has 1 saturated heterocycles.